The molecule has 0 spiro atoms. The Labute approximate surface area is 137 Å². The quantitative estimate of drug-likeness (QED) is 0.857. The van der Waals surface area contributed by atoms with Crippen molar-refractivity contribution < 1.29 is 9.53 Å². The van der Waals surface area contributed by atoms with Crippen LogP contribution in [0.3, 0.4) is 0 Å². The summed E-state index contributed by atoms with van der Waals surface area (Å²) in [5, 5.41) is 0.632. The summed E-state index contributed by atoms with van der Waals surface area (Å²) in [6, 6.07) is 5.57. The first-order chi connectivity index (χ1) is 10.6. The van der Waals surface area contributed by atoms with Gasteiger partial charge >= 0.3 is 0 Å². The second-order valence-corrected chi connectivity index (χ2v) is 6.77. The summed E-state index contributed by atoms with van der Waals surface area (Å²) in [4.78, 5) is 17.0. The average Bonchev–Trinajstić information content (AvgIpc) is 2.95. The fourth-order valence-electron chi connectivity index (χ4n) is 3.36. The second-order valence-electron chi connectivity index (χ2n) is 6.34. The zero-order valence-corrected chi connectivity index (χ0v) is 13.8. The van der Waals surface area contributed by atoms with Crippen LogP contribution in [0.2, 0.25) is 5.02 Å². The van der Waals surface area contributed by atoms with Crippen LogP contribution in [0.1, 0.15) is 22.3 Å². The van der Waals surface area contributed by atoms with Crippen molar-refractivity contribution in [3.05, 3.63) is 34.3 Å². The highest BCUT2D eigenvalue weighted by molar-refractivity contribution is 6.31. The third-order valence-corrected chi connectivity index (χ3v) is 4.70. The molecule has 0 bridgehead atoms. The van der Waals surface area contributed by atoms with E-state index in [1.54, 1.807) is 6.07 Å². The highest BCUT2D eigenvalue weighted by Gasteiger charge is 2.28. The van der Waals surface area contributed by atoms with Gasteiger partial charge in [-0.25, -0.2) is 0 Å². The largest absolute Gasteiger partial charge is 0.379 e. The lowest BCUT2D eigenvalue weighted by atomic mass is 10.1. The number of benzene rings is 1. The number of aryl methyl sites for hydroxylation is 1. The molecule has 0 N–H and O–H groups in total. The van der Waals surface area contributed by atoms with Crippen LogP contribution in [-0.2, 0) is 4.74 Å². The monoisotopic (exact) mass is 322 g/mol. The molecule has 2 heterocycles. The molecule has 22 heavy (non-hydrogen) atoms. The van der Waals surface area contributed by atoms with E-state index in [-0.39, 0.29) is 5.91 Å². The normalized spacial score (nSPS) is 23.0. The third kappa shape index (κ3) is 3.80. The number of rotatable bonds is 3. The van der Waals surface area contributed by atoms with Crippen molar-refractivity contribution in [1.82, 2.24) is 9.80 Å². The Hall–Kier alpha value is -1.10. The van der Waals surface area contributed by atoms with Crippen molar-refractivity contribution in [1.29, 1.82) is 0 Å². The molecular formula is C17H23ClN2O2. The van der Waals surface area contributed by atoms with E-state index in [0.29, 0.717) is 16.5 Å². The number of nitrogens with zero attached hydrogens (tertiary/aromatic N) is 2. The number of carbonyl (C=O) groups excluding carboxylic acids is 1. The van der Waals surface area contributed by atoms with Gasteiger partial charge in [-0.3, -0.25) is 9.69 Å². The van der Waals surface area contributed by atoms with Gasteiger partial charge in [-0.15, -0.1) is 0 Å². The van der Waals surface area contributed by atoms with Crippen LogP contribution in [0.5, 0.6) is 0 Å². The van der Waals surface area contributed by atoms with Crippen LogP contribution in [-0.4, -0.2) is 61.6 Å². The molecule has 0 unspecified atom stereocenters. The standard InChI is InChI=1S/C17H23ClN2O2/c1-13-8-15(10-16(18)9-13)17(21)20-3-2-14(12-20)11-19-4-6-22-7-5-19/h8-10,14H,2-7,11-12H2,1H3/t14-/m1/s1. The van der Waals surface area contributed by atoms with E-state index in [0.717, 1.165) is 57.9 Å². The summed E-state index contributed by atoms with van der Waals surface area (Å²) in [6.07, 6.45) is 1.09. The Balaban J connectivity index is 1.58. The van der Waals surface area contributed by atoms with E-state index in [1.807, 2.05) is 24.0 Å². The van der Waals surface area contributed by atoms with Gasteiger partial charge in [0.1, 0.15) is 0 Å². The molecule has 0 aliphatic carbocycles. The highest BCUT2D eigenvalue weighted by Crippen LogP contribution is 2.22. The van der Waals surface area contributed by atoms with Gasteiger partial charge in [0, 0.05) is 43.3 Å². The fraction of sp³-hybridized carbons (Fsp3) is 0.588. The maximum absolute atomic E-state index is 12.6. The second kappa shape index (κ2) is 6.99. The minimum Gasteiger partial charge on any atom is -0.379 e. The van der Waals surface area contributed by atoms with Gasteiger partial charge < -0.3 is 9.64 Å². The predicted molar refractivity (Wildman–Crippen MR) is 87.5 cm³/mol. The lowest BCUT2D eigenvalue weighted by Crippen LogP contribution is -2.40. The van der Waals surface area contributed by atoms with E-state index in [1.165, 1.54) is 0 Å². The molecule has 5 heteroatoms. The van der Waals surface area contributed by atoms with Gasteiger partial charge in [-0.2, -0.15) is 0 Å². The first-order valence-corrected chi connectivity index (χ1v) is 8.36. The summed E-state index contributed by atoms with van der Waals surface area (Å²) < 4.78 is 5.39. The molecule has 2 aliphatic heterocycles. The van der Waals surface area contributed by atoms with Crippen LogP contribution < -0.4 is 0 Å². The number of likely N-dealkylation sites (tertiary alicyclic amines) is 1. The Kier molecular flexibility index (Phi) is 5.01. The number of hydrogen-bond donors (Lipinski definition) is 0. The lowest BCUT2D eigenvalue weighted by molar-refractivity contribution is 0.0310. The van der Waals surface area contributed by atoms with Gasteiger partial charge in [0.15, 0.2) is 0 Å². The topological polar surface area (TPSA) is 32.8 Å². The summed E-state index contributed by atoms with van der Waals surface area (Å²) in [6.45, 7) is 8.42. The molecular weight excluding hydrogens is 300 g/mol. The zero-order chi connectivity index (χ0) is 15.5. The number of amides is 1. The minimum atomic E-state index is 0.107. The van der Waals surface area contributed by atoms with Gasteiger partial charge in [0.2, 0.25) is 0 Å². The molecule has 1 atom stereocenters. The molecule has 2 fully saturated rings. The van der Waals surface area contributed by atoms with Crippen molar-refractivity contribution in [2.45, 2.75) is 13.3 Å². The fourth-order valence-corrected chi connectivity index (χ4v) is 3.65. The van der Waals surface area contributed by atoms with Crippen LogP contribution in [0.4, 0.5) is 0 Å². The SMILES string of the molecule is Cc1cc(Cl)cc(C(=O)N2CC[C@H](CN3CCOCC3)C2)c1. The van der Waals surface area contributed by atoms with E-state index in [9.17, 15) is 4.79 Å². The van der Waals surface area contributed by atoms with Gasteiger partial charge in [-0.05, 0) is 43.0 Å². The molecule has 1 aromatic carbocycles. The molecule has 4 nitrogen and oxygen atoms in total. The van der Waals surface area contributed by atoms with Crippen molar-refractivity contribution in [2.24, 2.45) is 5.92 Å². The van der Waals surface area contributed by atoms with E-state index in [2.05, 4.69) is 4.90 Å². The Morgan fingerprint density at radius 2 is 2.05 bits per heavy atom. The summed E-state index contributed by atoms with van der Waals surface area (Å²) >= 11 is 6.07. The van der Waals surface area contributed by atoms with Crippen molar-refractivity contribution in [3.63, 3.8) is 0 Å². The summed E-state index contributed by atoms with van der Waals surface area (Å²) in [7, 11) is 0. The zero-order valence-electron chi connectivity index (χ0n) is 13.1. The number of morpholine rings is 1. The first-order valence-electron chi connectivity index (χ1n) is 7.98. The Morgan fingerprint density at radius 3 is 2.77 bits per heavy atom. The first kappa shape index (κ1) is 15.8. The van der Waals surface area contributed by atoms with Crippen LogP contribution in [0.15, 0.2) is 18.2 Å². The molecule has 1 amide bonds. The van der Waals surface area contributed by atoms with Crippen molar-refractivity contribution in [2.75, 3.05) is 45.9 Å². The molecule has 0 aromatic heterocycles. The van der Waals surface area contributed by atoms with E-state index in [4.69, 9.17) is 16.3 Å². The van der Waals surface area contributed by atoms with E-state index >= 15 is 0 Å². The van der Waals surface area contributed by atoms with Crippen molar-refractivity contribution in [3.8, 4) is 0 Å². The molecule has 2 saturated heterocycles. The Bertz CT molecular complexity index is 523. The minimum absolute atomic E-state index is 0.107. The number of hydrogen-bond acceptors (Lipinski definition) is 3. The number of ether oxygens (including phenoxy) is 1. The maximum Gasteiger partial charge on any atom is 0.253 e. The van der Waals surface area contributed by atoms with E-state index < -0.39 is 0 Å². The third-order valence-electron chi connectivity index (χ3n) is 4.48. The van der Waals surface area contributed by atoms with Crippen LogP contribution >= 0.6 is 11.6 Å². The van der Waals surface area contributed by atoms with Gasteiger partial charge in [0.05, 0.1) is 13.2 Å². The van der Waals surface area contributed by atoms with Crippen LogP contribution in [0, 0.1) is 12.8 Å². The smallest absolute Gasteiger partial charge is 0.253 e. The summed E-state index contributed by atoms with van der Waals surface area (Å²) in [5.74, 6) is 0.678. The number of halogens is 1. The van der Waals surface area contributed by atoms with Crippen molar-refractivity contribution >= 4 is 17.5 Å². The molecule has 2 aliphatic rings. The molecule has 0 saturated carbocycles. The predicted octanol–water partition coefficient (Wildman–Crippen LogP) is 2.44. The number of carbonyl (C=O) groups is 1. The maximum atomic E-state index is 12.6. The van der Waals surface area contributed by atoms with Gasteiger partial charge in [-0.1, -0.05) is 11.6 Å². The average molecular weight is 323 g/mol. The van der Waals surface area contributed by atoms with Gasteiger partial charge in [0.25, 0.3) is 5.91 Å². The molecule has 0 radical (unpaired) electrons. The molecule has 1 aromatic rings. The lowest BCUT2D eigenvalue weighted by Gasteiger charge is -2.29. The summed E-state index contributed by atoms with van der Waals surface area (Å²) in [5.41, 5.74) is 1.73. The molecule has 120 valence electrons. The molecule has 3 rings (SSSR count). The van der Waals surface area contributed by atoms with Crippen LogP contribution in [0.25, 0.3) is 0 Å². The highest BCUT2D eigenvalue weighted by atomic mass is 35.5. The Morgan fingerprint density at radius 1 is 1.27 bits per heavy atom.